The van der Waals surface area contributed by atoms with E-state index in [1.807, 2.05) is 0 Å². The average Bonchev–Trinajstić information content (AvgIpc) is 2.53. The summed E-state index contributed by atoms with van der Waals surface area (Å²) in [4.78, 5) is 20.1. The normalized spacial score (nSPS) is 6.87. The van der Waals surface area contributed by atoms with Crippen LogP contribution in [0.25, 0.3) is 0 Å². The number of carbonyl (C=O) groups is 2. The summed E-state index contributed by atoms with van der Waals surface area (Å²) in [6, 6.07) is 1.69. The zero-order valence-corrected chi connectivity index (χ0v) is 13.7. The molecule has 0 aliphatic rings. The van der Waals surface area contributed by atoms with Gasteiger partial charge in [-0.1, -0.05) is 45.0 Å². The first-order valence-corrected chi connectivity index (χ1v) is 6.22. The van der Waals surface area contributed by atoms with Crippen LogP contribution in [-0.4, -0.2) is 35.4 Å². The van der Waals surface area contributed by atoms with Gasteiger partial charge in [-0.25, -0.2) is 9.59 Å². The Kier molecular flexibility index (Phi) is 29.7. The fourth-order valence-electron chi connectivity index (χ4n) is 0.262. The molecule has 0 saturated heterocycles. The molecule has 0 radical (unpaired) electrons. The van der Waals surface area contributed by atoms with Gasteiger partial charge in [0.15, 0.2) is 0 Å². The Labute approximate surface area is 138 Å². The molecule has 128 valence electrons. The Morgan fingerprint density at radius 3 is 1.61 bits per heavy atom. The largest absolute Gasteiger partial charge is 0.478 e. The molecule has 0 amide bonds. The first-order valence-electron chi connectivity index (χ1n) is 6.22. The number of esters is 1. The van der Waals surface area contributed by atoms with Crippen molar-refractivity contribution in [2.45, 2.75) is 13.8 Å². The predicted octanol–water partition coefficient (Wildman–Crippen LogP) is 2.80. The van der Waals surface area contributed by atoms with E-state index in [4.69, 9.17) is 15.5 Å². The number of nitrogens with zero attached hydrogens (tertiary/aromatic N) is 1. The standard InChI is InChI=1S/C6H10O3.C4H6O2.C4H6.C3H3N/c1-5(2)6(8)9-4-3-7;1-3(2)4(5)6;1-3-4-2;1-2-3-4/h7H,1,3-4H2,2H3;1H2,2H3,(H,5,6);3-4H,1-2H2;2H,1H2. The quantitative estimate of drug-likeness (QED) is 0.348. The molecule has 0 aliphatic heterocycles. The molecule has 0 atom stereocenters. The molecule has 0 aliphatic carbocycles. The number of hydrogen-bond donors (Lipinski definition) is 2. The van der Waals surface area contributed by atoms with Crippen molar-refractivity contribution in [1.82, 2.24) is 0 Å². The summed E-state index contributed by atoms with van der Waals surface area (Å²) in [6.45, 7) is 19.3. The van der Waals surface area contributed by atoms with Crippen molar-refractivity contribution >= 4 is 11.9 Å². The molecule has 0 aromatic carbocycles. The van der Waals surface area contributed by atoms with Gasteiger partial charge < -0.3 is 14.9 Å². The Balaban J connectivity index is -0.000000112. The molecule has 6 heteroatoms. The third kappa shape index (κ3) is 45.3. The Morgan fingerprint density at radius 1 is 1.13 bits per heavy atom. The van der Waals surface area contributed by atoms with E-state index in [-0.39, 0.29) is 18.8 Å². The first-order chi connectivity index (χ1) is 10.7. The molecule has 23 heavy (non-hydrogen) atoms. The number of allylic oxidation sites excluding steroid dienone is 3. The van der Waals surface area contributed by atoms with Crippen LogP contribution in [0.5, 0.6) is 0 Å². The van der Waals surface area contributed by atoms with Crippen LogP contribution in [0.1, 0.15) is 13.8 Å². The van der Waals surface area contributed by atoms with Crippen LogP contribution in [0.3, 0.4) is 0 Å². The van der Waals surface area contributed by atoms with Crippen LogP contribution >= 0.6 is 0 Å². The molecular formula is C17H25NO5. The molecule has 0 saturated carbocycles. The van der Waals surface area contributed by atoms with E-state index in [1.165, 1.54) is 13.0 Å². The van der Waals surface area contributed by atoms with Gasteiger partial charge in [-0.15, -0.1) is 0 Å². The molecule has 0 rings (SSSR count). The van der Waals surface area contributed by atoms with Crippen molar-refractivity contribution in [3.63, 3.8) is 0 Å². The lowest BCUT2D eigenvalue weighted by atomic mass is 10.4. The first kappa shape index (κ1) is 28.3. The number of hydrogen-bond acceptors (Lipinski definition) is 5. The highest BCUT2D eigenvalue weighted by Crippen LogP contribution is 1.89. The van der Waals surface area contributed by atoms with Crippen LogP contribution in [-0.2, 0) is 14.3 Å². The van der Waals surface area contributed by atoms with Crippen molar-refractivity contribution < 1.29 is 24.5 Å². The summed E-state index contributed by atoms with van der Waals surface area (Å²) >= 11 is 0. The molecular weight excluding hydrogens is 298 g/mol. The van der Waals surface area contributed by atoms with E-state index in [0.29, 0.717) is 5.57 Å². The smallest absolute Gasteiger partial charge is 0.333 e. The molecule has 0 bridgehead atoms. The second-order valence-electron chi connectivity index (χ2n) is 3.53. The van der Waals surface area contributed by atoms with Crippen molar-refractivity contribution in [2.24, 2.45) is 0 Å². The van der Waals surface area contributed by atoms with Gasteiger partial charge in [0.2, 0.25) is 0 Å². The molecule has 0 spiro atoms. The highest BCUT2D eigenvalue weighted by molar-refractivity contribution is 5.86. The van der Waals surface area contributed by atoms with Gasteiger partial charge in [0, 0.05) is 17.2 Å². The van der Waals surface area contributed by atoms with Crippen molar-refractivity contribution in [3.05, 3.63) is 62.3 Å². The van der Waals surface area contributed by atoms with Gasteiger partial charge in [0.25, 0.3) is 0 Å². The minimum Gasteiger partial charge on any atom is -0.478 e. The zero-order valence-electron chi connectivity index (χ0n) is 13.7. The average molecular weight is 323 g/mol. The summed E-state index contributed by atoms with van der Waals surface area (Å²) < 4.78 is 4.46. The Hall–Kier alpha value is -2.91. The zero-order chi connectivity index (χ0) is 19.3. The second-order valence-corrected chi connectivity index (χ2v) is 3.53. The van der Waals surface area contributed by atoms with Gasteiger partial charge >= 0.3 is 11.9 Å². The number of aliphatic hydroxyl groups is 1. The van der Waals surface area contributed by atoms with Crippen LogP contribution < -0.4 is 0 Å². The van der Waals surface area contributed by atoms with Gasteiger partial charge in [0.1, 0.15) is 6.61 Å². The van der Waals surface area contributed by atoms with Gasteiger partial charge in [-0.3, -0.25) is 0 Å². The molecule has 0 unspecified atom stereocenters. The van der Waals surface area contributed by atoms with Crippen molar-refractivity contribution in [3.8, 4) is 6.07 Å². The lowest BCUT2D eigenvalue weighted by Gasteiger charge is -1.99. The molecule has 0 aromatic heterocycles. The van der Waals surface area contributed by atoms with E-state index < -0.39 is 11.9 Å². The SMILES string of the molecule is C=C(C)C(=O)O.C=C(C)C(=O)OCCO.C=CC#N.C=CC=C. The fraction of sp³-hybridized carbons (Fsp3) is 0.235. The third-order valence-electron chi connectivity index (χ3n) is 1.30. The van der Waals surface area contributed by atoms with E-state index in [9.17, 15) is 9.59 Å². The number of aliphatic carboxylic acids is 1. The van der Waals surface area contributed by atoms with Gasteiger partial charge in [0.05, 0.1) is 12.7 Å². The van der Waals surface area contributed by atoms with E-state index in [2.05, 4.69) is 37.6 Å². The maximum absolute atomic E-state index is 10.5. The van der Waals surface area contributed by atoms with E-state index >= 15 is 0 Å². The monoisotopic (exact) mass is 323 g/mol. The minimum atomic E-state index is -0.935. The molecule has 2 N–H and O–H groups in total. The highest BCUT2D eigenvalue weighted by atomic mass is 16.5. The highest BCUT2D eigenvalue weighted by Gasteiger charge is 1.99. The van der Waals surface area contributed by atoms with Gasteiger partial charge in [-0.05, 0) is 13.8 Å². The van der Waals surface area contributed by atoms with Crippen molar-refractivity contribution in [1.29, 1.82) is 5.26 Å². The summed E-state index contributed by atoms with van der Waals surface area (Å²) in [5, 5.41) is 23.6. The molecule has 0 fully saturated rings. The fourth-order valence-corrected chi connectivity index (χ4v) is 0.262. The molecule has 6 nitrogen and oxygen atoms in total. The maximum Gasteiger partial charge on any atom is 0.333 e. The molecule has 0 heterocycles. The van der Waals surface area contributed by atoms with Crippen LogP contribution in [0, 0.1) is 11.3 Å². The molecule has 0 aromatic rings. The predicted molar refractivity (Wildman–Crippen MR) is 91.5 cm³/mol. The number of aliphatic hydroxyl groups excluding tert-OH is 1. The summed E-state index contributed by atoms with van der Waals surface area (Å²) in [5.74, 6) is -1.39. The van der Waals surface area contributed by atoms with E-state index in [1.54, 1.807) is 25.1 Å². The van der Waals surface area contributed by atoms with Crippen molar-refractivity contribution in [2.75, 3.05) is 13.2 Å². The second kappa shape index (κ2) is 24.1. The number of nitriles is 1. The minimum absolute atomic E-state index is 0.0473. The van der Waals surface area contributed by atoms with Gasteiger partial charge in [-0.2, -0.15) is 5.26 Å². The van der Waals surface area contributed by atoms with Crippen LogP contribution in [0.15, 0.2) is 62.3 Å². The number of carboxylic acid groups (broad SMARTS) is 1. The van der Waals surface area contributed by atoms with Crippen LogP contribution in [0.4, 0.5) is 0 Å². The lowest BCUT2D eigenvalue weighted by molar-refractivity contribution is -0.139. The lowest BCUT2D eigenvalue weighted by Crippen LogP contribution is -2.08. The number of carboxylic acids is 1. The van der Waals surface area contributed by atoms with E-state index in [0.717, 1.165) is 0 Å². The number of rotatable bonds is 5. The summed E-state index contributed by atoms with van der Waals surface area (Å²) in [6.07, 6.45) is 4.46. The summed E-state index contributed by atoms with van der Waals surface area (Å²) in [7, 11) is 0. The number of carbonyl (C=O) groups excluding carboxylic acids is 1. The van der Waals surface area contributed by atoms with Crippen LogP contribution in [0.2, 0.25) is 0 Å². The number of ether oxygens (including phenoxy) is 1. The summed E-state index contributed by atoms with van der Waals surface area (Å²) in [5.41, 5.74) is 0.526. The Bertz CT molecular complexity index is 426. The topological polar surface area (TPSA) is 108 Å². The maximum atomic E-state index is 10.5. The Morgan fingerprint density at radius 2 is 1.48 bits per heavy atom. The third-order valence-corrected chi connectivity index (χ3v) is 1.30.